The molecule has 0 saturated carbocycles. The van der Waals surface area contributed by atoms with Crippen LogP contribution in [0, 0.1) is 0 Å². The molecule has 2 aliphatic heterocycles. The topological polar surface area (TPSA) is 48.9 Å². The van der Waals surface area contributed by atoms with E-state index in [1.165, 1.54) is 0 Å². The molecule has 0 aromatic heterocycles. The minimum absolute atomic E-state index is 0.459. The van der Waals surface area contributed by atoms with Crippen molar-refractivity contribution in [3.05, 3.63) is 11.4 Å². The van der Waals surface area contributed by atoms with E-state index in [0.717, 1.165) is 32.3 Å². The van der Waals surface area contributed by atoms with Crippen LogP contribution in [-0.2, 0) is 4.74 Å². The second-order valence-electron chi connectivity index (χ2n) is 2.77. The Kier molecular flexibility index (Phi) is 2.56. The average Bonchev–Trinajstić information content (AvgIpc) is 2.19. The third kappa shape index (κ3) is 2.05. The molecule has 0 spiro atoms. The second kappa shape index (κ2) is 3.85. The lowest BCUT2D eigenvalue weighted by molar-refractivity contribution is 0.0662. The molecule has 0 unspecified atom stereocenters. The molecule has 0 aliphatic carbocycles. The second-order valence-corrected chi connectivity index (χ2v) is 3.16. The van der Waals surface area contributed by atoms with Crippen molar-refractivity contribution in [1.29, 1.82) is 0 Å². The maximum atomic E-state index is 5.74. The first-order valence-corrected chi connectivity index (χ1v) is 4.52. The highest BCUT2D eigenvalue weighted by Gasteiger charge is 2.16. The summed E-state index contributed by atoms with van der Waals surface area (Å²) in [4.78, 5) is 6.24. The normalized spacial score (nSPS) is 22.7. The molecule has 72 valence electrons. The van der Waals surface area contributed by atoms with E-state index in [2.05, 4.69) is 20.7 Å². The number of morpholine rings is 1. The van der Waals surface area contributed by atoms with Gasteiger partial charge in [-0.2, -0.15) is 4.99 Å². The SMILES string of the molecule is ClC1=CNNC(N2CCOCC2)=N1. The van der Waals surface area contributed by atoms with Crippen LogP contribution in [0.1, 0.15) is 0 Å². The molecule has 1 saturated heterocycles. The van der Waals surface area contributed by atoms with Crippen molar-refractivity contribution in [1.82, 2.24) is 15.8 Å². The predicted molar refractivity (Wildman–Crippen MR) is 50.0 cm³/mol. The number of guanidine groups is 1. The number of hydrogen-bond acceptors (Lipinski definition) is 5. The molecule has 0 aromatic carbocycles. The fourth-order valence-electron chi connectivity index (χ4n) is 1.25. The monoisotopic (exact) mass is 202 g/mol. The molecule has 0 aromatic rings. The van der Waals surface area contributed by atoms with Gasteiger partial charge in [-0.3, -0.25) is 5.43 Å². The summed E-state index contributed by atoms with van der Waals surface area (Å²) in [5, 5.41) is 0.459. The predicted octanol–water partition coefficient (Wildman–Crippen LogP) is -0.180. The van der Waals surface area contributed by atoms with Gasteiger partial charge in [0.15, 0.2) is 5.16 Å². The largest absolute Gasteiger partial charge is 0.378 e. The average molecular weight is 203 g/mol. The zero-order valence-electron chi connectivity index (χ0n) is 7.09. The minimum Gasteiger partial charge on any atom is -0.378 e. The summed E-state index contributed by atoms with van der Waals surface area (Å²) in [5.41, 5.74) is 5.75. The highest BCUT2D eigenvalue weighted by atomic mass is 35.5. The zero-order valence-corrected chi connectivity index (χ0v) is 7.84. The molecular formula is C7H11ClN4O. The first kappa shape index (κ1) is 8.65. The molecule has 6 heteroatoms. The maximum Gasteiger partial charge on any atom is 0.219 e. The molecule has 0 atom stereocenters. The van der Waals surface area contributed by atoms with E-state index < -0.39 is 0 Å². The minimum atomic E-state index is 0.459. The number of nitrogens with one attached hydrogen (secondary N) is 2. The van der Waals surface area contributed by atoms with Crippen LogP contribution in [0.15, 0.2) is 16.3 Å². The molecule has 5 nitrogen and oxygen atoms in total. The summed E-state index contributed by atoms with van der Waals surface area (Å²) in [7, 11) is 0. The van der Waals surface area contributed by atoms with Gasteiger partial charge >= 0.3 is 0 Å². The molecule has 2 aliphatic rings. The van der Waals surface area contributed by atoms with Crippen LogP contribution in [0.25, 0.3) is 0 Å². The first-order chi connectivity index (χ1) is 6.36. The Bertz CT molecular complexity index is 247. The Balaban J connectivity index is 2.02. The van der Waals surface area contributed by atoms with E-state index >= 15 is 0 Å². The molecule has 1 fully saturated rings. The van der Waals surface area contributed by atoms with Gasteiger partial charge in [0.1, 0.15) is 0 Å². The van der Waals surface area contributed by atoms with E-state index in [-0.39, 0.29) is 0 Å². The van der Waals surface area contributed by atoms with Gasteiger partial charge in [-0.05, 0) is 0 Å². The van der Waals surface area contributed by atoms with Crippen molar-refractivity contribution in [3.8, 4) is 0 Å². The van der Waals surface area contributed by atoms with E-state index in [1.807, 2.05) is 0 Å². The van der Waals surface area contributed by atoms with Crippen LogP contribution in [0.3, 0.4) is 0 Å². The van der Waals surface area contributed by atoms with E-state index in [0.29, 0.717) is 5.16 Å². The summed E-state index contributed by atoms with van der Waals surface area (Å²) < 4.78 is 5.22. The Morgan fingerprint density at radius 2 is 2.23 bits per heavy atom. The fourth-order valence-corrected chi connectivity index (χ4v) is 1.38. The molecule has 0 amide bonds. The number of nitrogens with zero attached hydrogens (tertiary/aromatic N) is 2. The zero-order chi connectivity index (χ0) is 9.10. The van der Waals surface area contributed by atoms with Gasteiger partial charge in [0.05, 0.1) is 19.4 Å². The lowest BCUT2D eigenvalue weighted by Gasteiger charge is -2.30. The van der Waals surface area contributed by atoms with Crippen molar-refractivity contribution >= 4 is 17.6 Å². The number of hydrazine groups is 1. The summed E-state index contributed by atoms with van der Waals surface area (Å²) in [6.45, 7) is 3.17. The Labute approximate surface area is 81.4 Å². The summed E-state index contributed by atoms with van der Waals surface area (Å²) in [5.74, 6) is 0.760. The number of rotatable bonds is 0. The van der Waals surface area contributed by atoms with Gasteiger partial charge in [-0.1, -0.05) is 11.6 Å². The smallest absolute Gasteiger partial charge is 0.219 e. The molecule has 0 radical (unpaired) electrons. The molecule has 0 bridgehead atoms. The van der Waals surface area contributed by atoms with Gasteiger partial charge in [0.25, 0.3) is 0 Å². The first-order valence-electron chi connectivity index (χ1n) is 4.15. The van der Waals surface area contributed by atoms with Crippen LogP contribution in [-0.4, -0.2) is 37.2 Å². The van der Waals surface area contributed by atoms with Gasteiger partial charge in [-0.25, -0.2) is 0 Å². The van der Waals surface area contributed by atoms with Gasteiger partial charge in [0, 0.05) is 13.1 Å². The summed E-state index contributed by atoms with van der Waals surface area (Å²) >= 11 is 5.74. The molecule has 2 N–H and O–H groups in total. The van der Waals surface area contributed by atoms with Crippen molar-refractivity contribution in [2.45, 2.75) is 0 Å². The molecule has 2 rings (SSSR count). The Morgan fingerprint density at radius 1 is 1.46 bits per heavy atom. The quantitative estimate of drug-likeness (QED) is 0.535. The third-order valence-electron chi connectivity index (χ3n) is 1.90. The van der Waals surface area contributed by atoms with Crippen molar-refractivity contribution in [2.75, 3.05) is 26.3 Å². The van der Waals surface area contributed by atoms with Crippen LogP contribution < -0.4 is 10.9 Å². The van der Waals surface area contributed by atoms with Crippen LogP contribution in [0.2, 0.25) is 0 Å². The lowest BCUT2D eigenvalue weighted by Crippen LogP contribution is -2.51. The van der Waals surface area contributed by atoms with Crippen LogP contribution in [0.4, 0.5) is 0 Å². The maximum absolute atomic E-state index is 5.74. The van der Waals surface area contributed by atoms with Crippen molar-refractivity contribution < 1.29 is 4.74 Å². The van der Waals surface area contributed by atoms with E-state index in [1.54, 1.807) is 6.20 Å². The number of aliphatic imine (C=N–C) groups is 1. The number of ether oxygens (including phenoxy) is 1. The third-order valence-corrected chi connectivity index (χ3v) is 2.09. The number of hydrogen-bond donors (Lipinski definition) is 2. The van der Waals surface area contributed by atoms with Gasteiger partial charge in [0.2, 0.25) is 5.96 Å². The van der Waals surface area contributed by atoms with Crippen molar-refractivity contribution in [3.63, 3.8) is 0 Å². The highest BCUT2D eigenvalue weighted by Crippen LogP contribution is 2.06. The highest BCUT2D eigenvalue weighted by molar-refractivity contribution is 6.30. The Hall–Kier alpha value is -0.940. The Morgan fingerprint density at radius 3 is 2.92 bits per heavy atom. The van der Waals surface area contributed by atoms with Gasteiger partial charge in [-0.15, -0.1) is 0 Å². The summed E-state index contributed by atoms with van der Waals surface area (Å²) in [6.07, 6.45) is 1.60. The molecular weight excluding hydrogens is 192 g/mol. The van der Waals surface area contributed by atoms with E-state index in [9.17, 15) is 0 Å². The molecule has 2 heterocycles. The number of halogens is 1. The van der Waals surface area contributed by atoms with Gasteiger partial charge < -0.3 is 15.1 Å². The standard InChI is InChI=1S/C7H11ClN4O/c8-6-5-9-11-7(10-6)12-1-3-13-4-2-12/h5,9H,1-4H2,(H,10,11). The summed E-state index contributed by atoms with van der Waals surface area (Å²) in [6, 6.07) is 0. The van der Waals surface area contributed by atoms with Crippen LogP contribution >= 0.6 is 11.6 Å². The fraction of sp³-hybridized carbons (Fsp3) is 0.571. The van der Waals surface area contributed by atoms with Crippen molar-refractivity contribution in [2.24, 2.45) is 4.99 Å². The lowest BCUT2D eigenvalue weighted by atomic mass is 10.4. The van der Waals surface area contributed by atoms with E-state index in [4.69, 9.17) is 16.3 Å². The molecule has 13 heavy (non-hydrogen) atoms. The van der Waals surface area contributed by atoms with Crippen LogP contribution in [0.5, 0.6) is 0 Å².